The SMILES string of the molecule is CC(C)C1=C2CCCCC2=CC1CCC1C=C2CCCCC2=C1C(C)C. The van der Waals surface area contributed by atoms with Crippen molar-refractivity contribution in [2.45, 2.75) is 91.9 Å². The van der Waals surface area contributed by atoms with E-state index in [2.05, 4.69) is 39.8 Å². The Hall–Kier alpha value is -1.04. The van der Waals surface area contributed by atoms with Gasteiger partial charge in [-0.1, -0.05) is 51.0 Å². The molecule has 0 aromatic carbocycles. The zero-order valence-electron chi connectivity index (χ0n) is 17.5. The number of rotatable bonds is 5. The van der Waals surface area contributed by atoms with Crippen molar-refractivity contribution in [2.75, 3.05) is 0 Å². The lowest BCUT2D eigenvalue weighted by Gasteiger charge is -2.24. The smallest absolute Gasteiger partial charge is 0.000854 e. The molecule has 4 aliphatic carbocycles. The molecule has 0 saturated heterocycles. The van der Waals surface area contributed by atoms with Crippen molar-refractivity contribution >= 4 is 0 Å². The molecule has 0 bridgehead atoms. The highest BCUT2D eigenvalue weighted by atomic mass is 14.4. The first-order chi connectivity index (χ1) is 12.6. The van der Waals surface area contributed by atoms with Gasteiger partial charge in [0.15, 0.2) is 0 Å². The Morgan fingerprint density at radius 2 is 1.04 bits per heavy atom. The van der Waals surface area contributed by atoms with Crippen LogP contribution in [0.25, 0.3) is 0 Å². The fraction of sp³-hybridized carbons (Fsp3) is 0.692. The van der Waals surface area contributed by atoms with Gasteiger partial charge in [0.05, 0.1) is 0 Å². The minimum Gasteiger partial charge on any atom is -0.0738 e. The van der Waals surface area contributed by atoms with Gasteiger partial charge in [0.1, 0.15) is 0 Å². The first kappa shape index (κ1) is 18.3. The lowest BCUT2D eigenvalue weighted by Crippen LogP contribution is -2.11. The molecule has 0 heteroatoms. The molecule has 142 valence electrons. The molecule has 0 aliphatic heterocycles. The molecular weight excluding hydrogens is 312 g/mol. The Labute approximate surface area is 161 Å². The minimum atomic E-state index is 0.717. The van der Waals surface area contributed by atoms with Gasteiger partial charge in [-0.05, 0) is 110 Å². The van der Waals surface area contributed by atoms with E-state index in [-0.39, 0.29) is 0 Å². The number of hydrogen-bond donors (Lipinski definition) is 0. The van der Waals surface area contributed by atoms with Crippen LogP contribution in [0.1, 0.15) is 91.9 Å². The maximum absolute atomic E-state index is 2.68. The van der Waals surface area contributed by atoms with Gasteiger partial charge in [0.2, 0.25) is 0 Å². The Morgan fingerprint density at radius 1 is 0.654 bits per heavy atom. The number of allylic oxidation sites excluding steroid dienone is 8. The quantitative estimate of drug-likeness (QED) is 0.472. The van der Waals surface area contributed by atoms with E-state index >= 15 is 0 Å². The molecule has 0 nitrogen and oxygen atoms in total. The molecule has 0 spiro atoms. The third-order valence-electron chi connectivity index (χ3n) is 7.35. The van der Waals surface area contributed by atoms with Crippen LogP contribution in [0.2, 0.25) is 0 Å². The monoisotopic (exact) mass is 350 g/mol. The third kappa shape index (κ3) is 3.30. The predicted octanol–water partition coefficient (Wildman–Crippen LogP) is 7.93. The van der Waals surface area contributed by atoms with Crippen molar-refractivity contribution in [2.24, 2.45) is 23.7 Å². The fourth-order valence-corrected chi connectivity index (χ4v) is 6.39. The molecule has 0 aromatic heterocycles. The summed E-state index contributed by atoms with van der Waals surface area (Å²) in [4.78, 5) is 0. The summed E-state index contributed by atoms with van der Waals surface area (Å²) >= 11 is 0. The van der Waals surface area contributed by atoms with Gasteiger partial charge in [0, 0.05) is 0 Å². The van der Waals surface area contributed by atoms with E-state index in [1.54, 1.807) is 33.4 Å². The van der Waals surface area contributed by atoms with E-state index in [0.717, 1.165) is 11.8 Å². The maximum atomic E-state index is 2.68. The van der Waals surface area contributed by atoms with E-state index in [1.807, 2.05) is 0 Å². The largest absolute Gasteiger partial charge is 0.0738 e. The first-order valence-electron chi connectivity index (χ1n) is 11.4. The highest BCUT2D eigenvalue weighted by molar-refractivity contribution is 5.48. The summed E-state index contributed by atoms with van der Waals surface area (Å²) in [6, 6.07) is 0. The molecule has 4 rings (SSSR count). The van der Waals surface area contributed by atoms with Gasteiger partial charge < -0.3 is 0 Å². The average molecular weight is 351 g/mol. The standard InChI is InChI=1S/C26H38/c1-17(2)25-21(15-19-9-5-7-11-23(19)25)13-14-22-16-20-10-6-8-12-24(20)26(22)18(3)4/h15-18,21-22H,5-14H2,1-4H3. The van der Waals surface area contributed by atoms with Gasteiger partial charge in [-0.2, -0.15) is 0 Å². The second-order valence-electron chi connectivity index (χ2n) is 9.77. The van der Waals surface area contributed by atoms with Crippen LogP contribution in [0, 0.1) is 23.7 Å². The molecule has 2 saturated carbocycles. The molecule has 2 fully saturated rings. The Balaban J connectivity index is 1.52. The Kier molecular flexibility index (Phi) is 5.31. The molecule has 2 atom stereocenters. The minimum absolute atomic E-state index is 0.717. The van der Waals surface area contributed by atoms with Crippen molar-refractivity contribution < 1.29 is 0 Å². The fourth-order valence-electron chi connectivity index (χ4n) is 6.39. The predicted molar refractivity (Wildman–Crippen MR) is 113 cm³/mol. The van der Waals surface area contributed by atoms with Gasteiger partial charge >= 0.3 is 0 Å². The van der Waals surface area contributed by atoms with Gasteiger partial charge in [-0.15, -0.1) is 0 Å². The van der Waals surface area contributed by atoms with Crippen LogP contribution < -0.4 is 0 Å². The van der Waals surface area contributed by atoms with Crippen LogP contribution in [0.4, 0.5) is 0 Å². The second-order valence-corrected chi connectivity index (χ2v) is 9.77. The zero-order chi connectivity index (χ0) is 18.3. The molecule has 4 aliphatic rings. The number of hydrogen-bond acceptors (Lipinski definition) is 0. The second kappa shape index (κ2) is 7.53. The molecule has 0 aromatic rings. The molecule has 0 N–H and O–H groups in total. The summed E-state index contributed by atoms with van der Waals surface area (Å²) in [5.74, 6) is 2.90. The van der Waals surface area contributed by atoms with Crippen LogP contribution in [0.15, 0.2) is 45.6 Å². The van der Waals surface area contributed by atoms with E-state index in [9.17, 15) is 0 Å². The normalized spacial score (nSPS) is 28.7. The van der Waals surface area contributed by atoms with Crippen LogP contribution in [0.3, 0.4) is 0 Å². The van der Waals surface area contributed by atoms with E-state index in [0.29, 0.717) is 11.8 Å². The van der Waals surface area contributed by atoms with E-state index < -0.39 is 0 Å². The van der Waals surface area contributed by atoms with Crippen LogP contribution in [-0.4, -0.2) is 0 Å². The zero-order valence-corrected chi connectivity index (χ0v) is 17.5. The first-order valence-corrected chi connectivity index (χ1v) is 11.4. The van der Waals surface area contributed by atoms with Crippen molar-refractivity contribution in [1.82, 2.24) is 0 Å². The highest BCUT2D eigenvalue weighted by Gasteiger charge is 2.32. The summed E-state index contributed by atoms with van der Waals surface area (Å²) in [5, 5.41) is 0. The Bertz CT molecular complexity index is 617. The van der Waals surface area contributed by atoms with Gasteiger partial charge in [-0.25, -0.2) is 0 Å². The summed E-state index contributed by atoms with van der Waals surface area (Å²) in [6.45, 7) is 9.70. The summed E-state index contributed by atoms with van der Waals surface area (Å²) < 4.78 is 0. The molecule has 0 heterocycles. The summed E-state index contributed by atoms with van der Waals surface area (Å²) in [7, 11) is 0. The number of fused-ring (bicyclic) bond motifs is 2. The van der Waals surface area contributed by atoms with Crippen molar-refractivity contribution in [3.63, 3.8) is 0 Å². The Morgan fingerprint density at radius 3 is 1.42 bits per heavy atom. The van der Waals surface area contributed by atoms with Crippen molar-refractivity contribution in [3.05, 3.63) is 45.6 Å². The average Bonchev–Trinajstić information content (AvgIpc) is 3.17. The lowest BCUT2D eigenvalue weighted by molar-refractivity contribution is 0.508. The van der Waals surface area contributed by atoms with E-state index in [1.165, 1.54) is 64.2 Å². The van der Waals surface area contributed by atoms with Crippen molar-refractivity contribution in [1.29, 1.82) is 0 Å². The molecule has 0 amide bonds. The van der Waals surface area contributed by atoms with E-state index in [4.69, 9.17) is 0 Å². The topological polar surface area (TPSA) is 0 Å². The van der Waals surface area contributed by atoms with Crippen LogP contribution in [-0.2, 0) is 0 Å². The van der Waals surface area contributed by atoms with Crippen LogP contribution in [0.5, 0.6) is 0 Å². The molecule has 0 radical (unpaired) electrons. The maximum Gasteiger partial charge on any atom is -0.000854 e. The van der Waals surface area contributed by atoms with Crippen molar-refractivity contribution in [3.8, 4) is 0 Å². The molecular formula is C26H38. The third-order valence-corrected chi connectivity index (χ3v) is 7.35. The molecule has 2 unspecified atom stereocenters. The summed E-state index contributed by atoms with van der Waals surface area (Å²) in [6.07, 6.45) is 19.1. The highest BCUT2D eigenvalue weighted by Crippen LogP contribution is 2.48. The molecule has 26 heavy (non-hydrogen) atoms. The van der Waals surface area contributed by atoms with Gasteiger partial charge in [-0.3, -0.25) is 0 Å². The lowest BCUT2D eigenvalue weighted by atomic mass is 9.80. The summed E-state index contributed by atoms with van der Waals surface area (Å²) in [5.41, 5.74) is 10.6. The van der Waals surface area contributed by atoms with Crippen LogP contribution >= 0.6 is 0 Å². The van der Waals surface area contributed by atoms with Gasteiger partial charge in [0.25, 0.3) is 0 Å².